The number of methoxy groups -OCH3 is 1. The number of halogens is 3. The summed E-state index contributed by atoms with van der Waals surface area (Å²) < 4.78 is 50.3. The van der Waals surface area contributed by atoms with Crippen molar-refractivity contribution >= 4 is 10.8 Å². The highest BCUT2D eigenvalue weighted by atomic mass is 19.1. The van der Waals surface area contributed by atoms with Gasteiger partial charge in [-0.05, 0) is 59.2 Å². The monoisotopic (exact) mass is 448 g/mol. The summed E-state index contributed by atoms with van der Waals surface area (Å²) in [6.07, 6.45) is 5.66. The number of unbranched alkanes of at least 4 members (excludes halogenated alkanes) is 3. The number of ether oxygens (including phenoxy) is 1. The van der Waals surface area contributed by atoms with Crippen LogP contribution in [0.1, 0.15) is 38.2 Å². The Morgan fingerprint density at radius 1 is 0.727 bits per heavy atom. The average Bonchev–Trinajstić information content (AvgIpc) is 2.82. The lowest BCUT2D eigenvalue weighted by atomic mass is 9.95. The van der Waals surface area contributed by atoms with E-state index in [-0.39, 0.29) is 16.7 Å². The Balaban J connectivity index is 1.66. The van der Waals surface area contributed by atoms with E-state index in [2.05, 4.69) is 6.92 Å². The van der Waals surface area contributed by atoms with E-state index in [1.807, 2.05) is 18.2 Å². The Morgan fingerprint density at radius 2 is 1.45 bits per heavy atom. The van der Waals surface area contributed by atoms with Crippen LogP contribution in [0.15, 0.2) is 66.7 Å². The molecule has 0 aromatic heterocycles. The van der Waals surface area contributed by atoms with E-state index < -0.39 is 17.5 Å². The molecule has 0 heterocycles. The van der Waals surface area contributed by atoms with Crippen molar-refractivity contribution in [2.75, 3.05) is 7.11 Å². The molecule has 4 aromatic rings. The molecule has 0 aliphatic heterocycles. The molecule has 33 heavy (non-hydrogen) atoms. The smallest absolute Gasteiger partial charge is 0.138 e. The highest BCUT2D eigenvalue weighted by Crippen LogP contribution is 2.35. The number of hydrogen-bond donors (Lipinski definition) is 0. The van der Waals surface area contributed by atoms with Crippen molar-refractivity contribution in [2.45, 2.75) is 39.0 Å². The summed E-state index contributed by atoms with van der Waals surface area (Å²) >= 11 is 0. The lowest BCUT2D eigenvalue weighted by Gasteiger charge is -2.12. The third-order valence-electron chi connectivity index (χ3n) is 6.07. The molecule has 0 N–H and O–H groups in total. The van der Waals surface area contributed by atoms with Crippen molar-refractivity contribution in [2.24, 2.45) is 0 Å². The molecule has 0 bridgehead atoms. The highest BCUT2D eigenvalue weighted by Gasteiger charge is 2.17. The van der Waals surface area contributed by atoms with Gasteiger partial charge in [-0.15, -0.1) is 0 Å². The molecule has 0 amide bonds. The first-order valence-electron chi connectivity index (χ1n) is 11.4. The van der Waals surface area contributed by atoms with Gasteiger partial charge in [-0.25, -0.2) is 13.2 Å². The lowest BCUT2D eigenvalue weighted by molar-refractivity contribution is 0.415. The zero-order chi connectivity index (χ0) is 23.4. The lowest BCUT2D eigenvalue weighted by Crippen LogP contribution is -1.95. The number of rotatable bonds is 8. The quantitative estimate of drug-likeness (QED) is 0.245. The highest BCUT2D eigenvalue weighted by molar-refractivity contribution is 5.89. The van der Waals surface area contributed by atoms with Gasteiger partial charge in [0.15, 0.2) is 0 Å². The van der Waals surface area contributed by atoms with Crippen LogP contribution in [0, 0.1) is 17.5 Å². The Morgan fingerprint density at radius 3 is 2.12 bits per heavy atom. The molecule has 1 nitrogen and oxygen atoms in total. The predicted octanol–water partition coefficient (Wildman–Crippen LogP) is 8.72. The van der Waals surface area contributed by atoms with Crippen LogP contribution in [0.3, 0.4) is 0 Å². The fourth-order valence-corrected chi connectivity index (χ4v) is 4.24. The van der Waals surface area contributed by atoms with Gasteiger partial charge in [-0.3, -0.25) is 0 Å². The van der Waals surface area contributed by atoms with Crippen molar-refractivity contribution in [1.29, 1.82) is 0 Å². The van der Waals surface area contributed by atoms with E-state index >= 15 is 4.39 Å². The molecule has 0 unspecified atom stereocenters. The summed E-state index contributed by atoms with van der Waals surface area (Å²) in [6, 6.07) is 18.0. The van der Waals surface area contributed by atoms with Crippen molar-refractivity contribution < 1.29 is 17.9 Å². The van der Waals surface area contributed by atoms with Crippen molar-refractivity contribution in [3.63, 3.8) is 0 Å². The topological polar surface area (TPSA) is 9.23 Å². The number of fused-ring (bicyclic) bond motifs is 1. The molecule has 0 spiro atoms. The number of benzene rings is 4. The zero-order valence-electron chi connectivity index (χ0n) is 18.9. The van der Waals surface area contributed by atoms with Gasteiger partial charge < -0.3 is 4.74 Å². The van der Waals surface area contributed by atoms with Gasteiger partial charge >= 0.3 is 0 Å². The van der Waals surface area contributed by atoms with E-state index in [0.29, 0.717) is 16.7 Å². The van der Waals surface area contributed by atoms with Crippen LogP contribution in [0.2, 0.25) is 0 Å². The Bertz CT molecular complexity index is 1240. The molecule has 4 rings (SSSR count). The second-order valence-electron chi connectivity index (χ2n) is 8.34. The van der Waals surface area contributed by atoms with E-state index in [1.54, 1.807) is 36.4 Å². The molecule has 0 aliphatic carbocycles. The van der Waals surface area contributed by atoms with E-state index in [0.717, 1.165) is 18.2 Å². The fourth-order valence-electron chi connectivity index (χ4n) is 4.24. The number of aryl methyl sites for hydroxylation is 1. The zero-order valence-corrected chi connectivity index (χ0v) is 18.9. The van der Waals surface area contributed by atoms with E-state index in [9.17, 15) is 8.78 Å². The Hall–Kier alpha value is -3.27. The van der Waals surface area contributed by atoms with Crippen molar-refractivity contribution in [3.05, 3.63) is 89.7 Å². The second kappa shape index (κ2) is 10.1. The molecule has 0 saturated carbocycles. The van der Waals surface area contributed by atoms with Crippen LogP contribution in [0.5, 0.6) is 5.75 Å². The Kier molecular flexibility index (Phi) is 7.02. The van der Waals surface area contributed by atoms with Gasteiger partial charge in [0.05, 0.1) is 12.7 Å². The summed E-state index contributed by atoms with van der Waals surface area (Å²) in [5.41, 5.74) is 1.77. The molecule has 0 radical (unpaired) electrons. The van der Waals surface area contributed by atoms with Crippen LogP contribution in [0.25, 0.3) is 33.0 Å². The van der Waals surface area contributed by atoms with E-state index in [4.69, 9.17) is 4.74 Å². The SMILES string of the molecule is CCCCCCc1ccc2c(F)c(-c3cc(F)c(-c4ccc(OC)cc4)c(F)c3)ccc2c1. The largest absolute Gasteiger partial charge is 0.497 e. The minimum Gasteiger partial charge on any atom is -0.497 e. The van der Waals surface area contributed by atoms with Crippen LogP contribution in [-0.2, 0) is 6.42 Å². The third kappa shape index (κ3) is 4.90. The number of hydrogen-bond acceptors (Lipinski definition) is 1. The first kappa shape index (κ1) is 22.9. The van der Waals surface area contributed by atoms with Crippen LogP contribution in [0.4, 0.5) is 13.2 Å². The summed E-state index contributed by atoms with van der Waals surface area (Å²) in [5.74, 6) is -1.35. The minimum atomic E-state index is -0.739. The van der Waals surface area contributed by atoms with Gasteiger partial charge in [0.2, 0.25) is 0 Å². The van der Waals surface area contributed by atoms with Crippen LogP contribution in [-0.4, -0.2) is 7.11 Å². The molecule has 0 saturated heterocycles. The van der Waals surface area contributed by atoms with Gasteiger partial charge in [-0.1, -0.05) is 68.7 Å². The third-order valence-corrected chi connectivity index (χ3v) is 6.07. The molecule has 4 aromatic carbocycles. The summed E-state index contributed by atoms with van der Waals surface area (Å²) in [4.78, 5) is 0. The Labute approximate surface area is 192 Å². The second-order valence-corrected chi connectivity index (χ2v) is 8.34. The van der Waals surface area contributed by atoms with Crippen LogP contribution < -0.4 is 4.74 Å². The van der Waals surface area contributed by atoms with Gasteiger partial charge in [0.25, 0.3) is 0 Å². The molecule has 0 atom stereocenters. The van der Waals surface area contributed by atoms with Gasteiger partial charge in [-0.2, -0.15) is 0 Å². The maximum atomic E-state index is 15.4. The van der Waals surface area contributed by atoms with Gasteiger partial charge in [0.1, 0.15) is 23.2 Å². The minimum absolute atomic E-state index is 0.143. The molecule has 0 aliphatic rings. The molecule has 170 valence electrons. The van der Waals surface area contributed by atoms with Gasteiger partial charge in [0, 0.05) is 10.9 Å². The molecule has 0 fully saturated rings. The summed E-state index contributed by atoms with van der Waals surface area (Å²) in [7, 11) is 1.53. The molecular weight excluding hydrogens is 421 g/mol. The van der Waals surface area contributed by atoms with E-state index in [1.165, 1.54) is 44.1 Å². The summed E-state index contributed by atoms with van der Waals surface area (Å²) in [5, 5.41) is 1.24. The molecule has 4 heteroatoms. The fraction of sp³-hybridized carbons (Fsp3) is 0.241. The maximum Gasteiger partial charge on any atom is 0.138 e. The molecular formula is C29H27F3O. The first-order chi connectivity index (χ1) is 16.0. The van der Waals surface area contributed by atoms with Crippen molar-refractivity contribution in [3.8, 4) is 28.0 Å². The predicted molar refractivity (Wildman–Crippen MR) is 129 cm³/mol. The average molecular weight is 449 g/mol. The first-order valence-corrected chi connectivity index (χ1v) is 11.4. The maximum absolute atomic E-state index is 15.4. The van der Waals surface area contributed by atoms with Crippen molar-refractivity contribution in [1.82, 2.24) is 0 Å². The normalized spacial score (nSPS) is 11.2. The van der Waals surface area contributed by atoms with Crippen LogP contribution >= 0.6 is 0 Å². The standard InChI is InChI=1S/C29H27F3O/c1-3-4-5-6-7-19-8-14-24-21(16-19)11-15-25(29(24)32)22-17-26(30)28(27(31)18-22)20-9-12-23(33-2)13-10-20/h8-18H,3-7H2,1-2H3. The summed E-state index contributed by atoms with van der Waals surface area (Å²) in [6.45, 7) is 2.18.